The van der Waals surface area contributed by atoms with E-state index in [-0.39, 0.29) is 17.6 Å². The number of Topliss-reactive ketones (excluding diaryl/α,β-unsaturated/α-hetero) is 1. The van der Waals surface area contributed by atoms with Crippen LogP contribution in [0.2, 0.25) is 0 Å². The molecule has 0 fully saturated rings. The number of aromatic nitrogens is 2. The quantitative estimate of drug-likeness (QED) is 0.858. The molecule has 0 spiro atoms. The molecule has 1 aromatic heterocycles. The summed E-state index contributed by atoms with van der Waals surface area (Å²) in [6, 6.07) is 0. The van der Waals surface area contributed by atoms with Gasteiger partial charge >= 0.3 is 0 Å². The van der Waals surface area contributed by atoms with Crippen molar-refractivity contribution in [2.24, 2.45) is 5.92 Å². The van der Waals surface area contributed by atoms with Crippen molar-refractivity contribution in [1.29, 1.82) is 0 Å². The Balaban J connectivity index is 2.36. The number of rotatable bonds is 3. The molecule has 0 aliphatic heterocycles. The van der Waals surface area contributed by atoms with Crippen LogP contribution in [-0.2, 0) is 6.42 Å². The van der Waals surface area contributed by atoms with Crippen LogP contribution in [0.4, 0.5) is 5.95 Å². The number of nitrogen functional groups attached to an aromatic ring is 1. The minimum Gasteiger partial charge on any atom is -0.368 e. The fourth-order valence-corrected chi connectivity index (χ4v) is 2.76. The molecule has 4 nitrogen and oxygen atoms in total. The summed E-state index contributed by atoms with van der Waals surface area (Å²) >= 11 is 0. The van der Waals surface area contributed by atoms with Crippen LogP contribution >= 0.6 is 0 Å². The summed E-state index contributed by atoms with van der Waals surface area (Å²) in [5.41, 5.74) is 9.06. The summed E-state index contributed by atoms with van der Waals surface area (Å²) in [6.45, 7) is 5.93. The van der Waals surface area contributed by atoms with Gasteiger partial charge < -0.3 is 5.73 Å². The Morgan fingerprint density at radius 3 is 2.80 bits per heavy atom. The Kier molecular flexibility index (Phi) is 4.32. The first-order valence-electron chi connectivity index (χ1n) is 7.05. The highest BCUT2D eigenvalue weighted by atomic mass is 16.1. The Morgan fingerprint density at radius 2 is 2.15 bits per heavy atom. The molecule has 20 heavy (non-hydrogen) atoms. The number of anilines is 1. The molecule has 2 rings (SSSR count). The summed E-state index contributed by atoms with van der Waals surface area (Å²) in [5, 5.41) is 0. The lowest BCUT2D eigenvalue weighted by atomic mass is 9.80. The first-order valence-corrected chi connectivity index (χ1v) is 7.05. The zero-order valence-corrected chi connectivity index (χ0v) is 12.3. The molecule has 0 radical (unpaired) electrons. The lowest BCUT2D eigenvalue weighted by Gasteiger charge is -2.24. The van der Waals surface area contributed by atoms with Gasteiger partial charge in [0.2, 0.25) is 5.95 Å². The summed E-state index contributed by atoms with van der Waals surface area (Å²) in [4.78, 5) is 20.7. The first-order chi connectivity index (χ1) is 9.56. The van der Waals surface area contributed by atoms with Gasteiger partial charge in [0, 0.05) is 6.42 Å². The van der Waals surface area contributed by atoms with Crippen LogP contribution in [0.3, 0.4) is 0 Å². The Hall–Kier alpha value is -1.97. The molecule has 1 heterocycles. The minimum absolute atomic E-state index is 0.123. The van der Waals surface area contributed by atoms with E-state index in [1.54, 1.807) is 0 Å². The van der Waals surface area contributed by atoms with Gasteiger partial charge in [0.15, 0.2) is 5.78 Å². The number of hydrogen-bond donors (Lipinski definition) is 1. The van der Waals surface area contributed by atoms with E-state index in [0.717, 1.165) is 18.5 Å². The van der Waals surface area contributed by atoms with Gasteiger partial charge in [-0.15, -0.1) is 0 Å². The molecule has 1 atom stereocenters. The maximum Gasteiger partial charge on any atom is 0.220 e. The number of hydrogen-bond acceptors (Lipinski definition) is 4. The molecular weight excluding hydrogens is 250 g/mol. The lowest BCUT2D eigenvalue weighted by Crippen LogP contribution is -2.24. The Morgan fingerprint density at radius 1 is 1.40 bits per heavy atom. The molecule has 1 aromatic rings. The van der Waals surface area contributed by atoms with Crippen molar-refractivity contribution >= 4 is 11.7 Å². The van der Waals surface area contributed by atoms with Gasteiger partial charge in [0.25, 0.3) is 0 Å². The van der Waals surface area contributed by atoms with Gasteiger partial charge in [-0.2, -0.15) is 0 Å². The van der Waals surface area contributed by atoms with Crippen molar-refractivity contribution in [2.75, 3.05) is 5.73 Å². The van der Waals surface area contributed by atoms with Crippen molar-refractivity contribution in [3.63, 3.8) is 0 Å². The molecule has 1 aliphatic carbocycles. The number of fused-ring (bicyclic) bond motifs is 1. The first kappa shape index (κ1) is 14.4. The number of nitrogens with zero attached hydrogens (tertiary/aromatic N) is 2. The standard InChI is InChI=1S/C16H21N3O/c1-4-6-7-11(5-2)12-8-13-15(14(20)9-12)10(3)18-16(17)19-13/h5-7,12H,4,8-9H2,1-3H3,(H2,17,18,19)/b7-6-,11-5+. The smallest absolute Gasteiger partial charge is 0.220 e. The largest absolute Gasteiger partial charge is 0.368 e. The van der Waals surface area contributed by atoms with Crippen molar-refractivity contribution in [3.05, 3.63) is 40.8 Å². The SMILES string of the molecule is C/C=C(\C=C/CC)C1CC(=O)c2c(C)nc(N)nc2C1. The average molecular weight is 271 g/mol. The molecule has 0 aromatic carbocycles. The van der Waals surface area contributed by atoms with Crippen LogP contribution in [0.5, 0.6) is 0 Å². The van der Waals surface area contributed by atoms with E-state index in [2.05, 4.69) is 35.1 Å². The predicted octanol–water partition coefficient (Wildman–Crippen LogP) is 3.02. The van der Waals surface area contributed by atoms with E-state index in [9.17, 15) is 4.79 Å². The number of carbonyl (C=O) groups is 1. The van der Waals surface area contributed by atoms with E-state index >= 15 is 0 Å². The summed E-state index contributed by atoms with van der Waals surface area (Å²) in [5.74, 6) is 0.565. The van der Waals surface area contributed by atoms with Crippen LogP contribution in [-0.4, -0.2) is 15.8 Å². The Labute approximate surface area is 119 Å². The highest BCUT2D eigenvalue weighted by molar-refractivity contribution is 5.99. The second-order valence-electron chi connectivity index (χ2n) is 5.12. The van der Waals surface area contributed by atoms with Gasteiger partial charge in [-0.1, -0.05) is 25.2 Å². The van der Waals surface area contributed by atoms with Crippen molar-refractivity contribution < 1.29 is 4.79 Å². The normalized spacial score (nSPS) is 19.4. The molecule has 0 saturated carbocycles. The van der Waals surface area contributed by atoms with Crippen LogP contribution in [0.1, 0.15) is 48.4 Å². The Bertz CT molecular complexity index is 588. The molecule has 1 unspecified atom stereocenters. The van der Waals surface area contributed by atoms with Crippen molar-refractivity contribution in [3.8, 4) is 0 Å². The van der Waals surface area contributed by atoms with Gasteiger partial charge in [-0.05, 0) is 38.2 Å². The molecule has 106 valence electrons. The van der Waals surface area contributed by atoms with Gasteiger partial charge in [-0.3, -0.25) is 4.79 Å². The van der Waals surface area contributed by atoms with Gasteiger partial charge in [0.05, 0.1) is 17.0 Å². The van der Waals surface area contributed by atoms with Crippen LogP contribution < -0.4 is 5.73 Å². The van der Waals surface area contributed by atoms with Crippen LogP contribution in [0.15, 0.2) is 23.8 Å². The molecular formula is C16H21N3O. The third-order valence-corrected chi connectivity index (χ3v) is 3.68. The third-order valence-electron chi connectivity index (χ3n) is 3.68. The van der Waals surface area contributed by atoms with Crippen molar-refractivity contribution in [2.45, 2.75) is 40.0 Å². The number of allylic oxidation sites excluding steroid dienone is 4. The molecule has 0 amide bonds. The van der Waals surface area contributed by atoms with Crippen LogP contribution in [0.25, 0.3) is 0 Å². The van der Waals surface area contributed by atoms with Crippen LogP contribution in [0, 0.1) is 12.8 Å². The zero-order chi connectivity index (χ0) is 14.7. The lowest BCUT2D eigenvalue weighted by molar-refractivity contribution is 0.0955. The monoisotopic (exact) mass is 271 g/mol. The second-order valence-corrected chi connectivity index (χ2v) is 5.12. The van der Waals surface area contributed by atoms with E-state index in [4.69, 9.17) is 5.73 Å². The summed E-state index contributed by atoms with van der Waals surface area (Å²) < 4.78 is 0. The average Bonchev–Trinajstić information content (AvgIpc) is 2.38. The maximum atomic E-state index is 12.4. The number of carbonyl (C=O) groups excluding carboxylic acids is 1. The molecule has 4 heteroatoms. The minimum atomic E-state index is 0.123. The van der Waals surface area contributed by atoms with E-state index in [0.29, 0.717) is 17.7 Å². The zero-order valence-electron chi connectivity index (χ0n) is 12.3. The van der Waals surface area contributed by atoms with Gasteiger partial charge in [0.1, 0.15) is 0 Å². The molecule has 0 bridgehead atoms. The fraction of sp³-hybridized carbons (Fsp3) is 0.438. The van der Waals surface area contributed by atoms with Crippen molar-refractivity contribution in [1.82, 2.24) is 9.97 Å². The molecule has 1 aliphatic rings. The van der Waals surface area contributed by atoms with E-state index in [1.165, 1.54) is 5.57 Å². The van der Waals surface area contributed by atoms with E-state index in [1.807, 2.05) is 13.8 Å². The summed E-state index contributed by atoms with van der Waals surface area (Å²) in [7, 11) is 0. The predicted molar refractivity (Wildman–Crippen MR) is 80.5 cm³/mol. The van der Waals surface area contributed by atoms with E-state index < -0.39 is 0 Å². The second kappa shape index (κ2) is 5.99. The van der Waals surface area contributed by atoms with Gasteiger partial charge in [-0.25, -0.2) is 9.97 Å². The highest BCUT2D eigenvalue weighted by Gasteiger charge is 2.29. The topological polar surface area (TPSA) is 68.9 Å². The molecule has 0 saturated heterocycles. The number of nitrogens with two attached hydrogens (primary N) is 1. The third kappa shape index (κ3) is 2.79. The number of aryl methyl sites for hydroxylation is 1. The fourth-order valence-electron chi connectivity index (χ4n) is 2.76. The summed E-state index contributed by atoms with van der Waals surface area (Å²) in [6.07, 6.45) is 8.57. The molecule has 2 N–H and O–H groups in total. The number of ketones is 1. The highest BCUT2D eigenvalue weighted by Crippen LogP contribution is 2.31. The maximum absolute atomic E-state index is 12.4.